The first-order valence-corrected chi connectivity index (χ1v) is 6.08. The number of rotatable bonds is 4. The van der Waals surface area contributed by atoms with Crippen LogP contribution in [0.15, 0.2) is 24.3 Å². The van der Waals surface area contributed by atoms with Crippen molar-refractivity contribution in [2.75, 3.05) is 6.54 Å². The maximum absolute atomic E-state index is 13.4. The Morgan fingerprint density at radius 3 is 2.12 bits per heavy atom. The van der Waals surface area contributed by atoms with Crippen LogP contribution in [0.5, 0.6) is 0 Å². The smallest absolute Gasteiger partial charge is 0.260 e. The summed E-state index contributed by atoms with van der Waals surface area (Å²) >= 11 is 0. The summed E-state index contributed by atoms with van der Waals surface area (Å²) in [6.07, 6.45) is 0.867. The van der Waals surface area contributed by atoms with Gasteiger partial charge in [-0.1, -0.05) is 38.1 Å². The second-order valence-corrected chi connectivity index (χ2v) is 5.46. The molecule has 0 spiro atoms. The van der Waals surface area contributed by atoms with Gasteiger partial charge in [-0.25, -0.2) is 8.78 Å². The van der Waals surface area contributed by atoms with Crippen LogP contribution in [0.1, 0.15) is 31.4 Å². The van der Waals surface area contributed by atoms with E-state index < -0.39 is 11.3 Å². The van der Waals surface area contributed by atoms with Crippen molar-refractivity contribution in [3.63, 3.8) is 0 Å². The van der Waals surface area contributed by atoms with Crippen molar-refractivity contribution in [2.45, 2.75) is 38.0 Å². The fraction of sp³-hybridized carbons (Fsp3) is 0.571. The molecule has 1 atom stereocenters. The molecule has 0 bridgehead atoms. The van der Waals surface area contributed by atoms with Crippen LogP contribution in [-0.2, 0) is 11.8 Å². The van der Waals surface area contributed by atoms with Gasteiger partial charge in [0.05, 0.1) is 5.41 Å². The van der Waals surface area contributed by atoms with Gasteiger partial charge in [0.25, 0.3) is 5.92 Å². The third-order valence-electron chi connectivity index (χ3n) is 3.60. The number of nitrogens with two attached hydrogens (primary N) is 1. The molecule has 2 rings (SSSR count). The van der Waals surface area contributed by atoms with Gasteiger partial charge < -0.3 is 5.73 Å². The van der Waals surface area contributed by atoms with Gasteiger partial charge in [0.15, 0.2) is 0 Å². The largest absolute Gasteiger partial charge is 0.329 e. The molecule has 1 aromatic rings. The molecule has 94 valence electrons. The van der Waals surface area contributed by atoms with E-state index in [1.807, 2.05) is 24.3 Å². The number of alkyl halides is 2. The highest BCUT2D eigenvalue weighted by Crippen LogP contribution is 2.60. The average Bonchev–Trinajstić information content (AvgIpc) is 2.82. The number of hydrogen-bond donors (Lipinski definition) is 1. The summed E-state index contributed by atoms with van der Waals surface area (Å²) in [5.74, 6) is -2.05. The monoisotopic (exact) mass is 239 g/mol. The van der Waals surface area contributed by atoms with Crippen molar-refractivity contribution < 1.29 is 8.78 Å². The van der Waals surface area contributed by atoms with E-state index in [0.717, 1.165) is 6.42 Å². The highest BCUT2D eigenvalue weighted by Gasteiger charge is 2.70. The standard InChI is InChI=1S/C14H19F2N/c1-10(2)7-11-3-5-12(6-4-11)13(9-17)8-14(13,15)16/h3-6,10H,7-9,17H2,1-2H3. The molecular weight excluding hydrogens is 220 g/mol. The van der Waals surface area contributed by atoms with Gasteiger partial charge in [-0.2, -0.15) is 0 Å². The molecule has 3 heteroatoms. The van der Waals surface area contributed by atoms with Crippen molar-refractivity contribution in [3.8, 4) is 0 Å². The molecule has 0 saturated heterocycles. The zero-order valence-electron chi connectivity index (χ0n) is 10.3. The normalized spacial score (nSPS) is 26.2. The molecule has 1 unspecified atom stereocenters. The van der Waals surface area contributed by atoms with Gasteiger partial charge in [0, 0.05) is 13.0 Å². The molecule has 0 radical (unpaired) electrons. The van der Waals surface area contributed by atoms with Crippen molar-refractivity contribution in [1.82, 2.24) is 0 Å². The van der Waals surface area contributed by atoms with E-state index in [-0.39, 0.29) is 13.0 Å². The fourth-order valence-electron chi connectivity index (χ4n) is 2.42. The summed E-state index contributed by atoms with van der Waals surface area (Å²) in [6, 6.07) is 7.51. The summed E-state index contributed by atoms with van der Waals surface area (Å²) in [7, 11) is 0. The van der Waals surface area contributed by atoms with Crippen molar-refractivity contribution in [3.05, 3.63) is 35.4 Å². The lowest BCUT2D eigenvalue weighted by Crippen LogP contribution is -2.26. The molecule has 1 nitrogen and oxygen atoms in total. The Morgan fingerprint density at radius 2 is 1.76 bits per heavy atom. The number of hydrogen-bond acceptors (Lipinski definition) is 1. The summed E-state index contributed by atoms with van der Waals surface area (Å²) in [4.78, 5) is 0. The Hall–Kier alpha value is -0.960. The molecule has 1 saturated carbocycles. The summed E-state index contributed by atoms with van der Waals surface area (Å²) < 4.78 is 26.7. The van der Waals surface area contributed by atoms with E-state index in [2.05, 4.69) is 13.8 Å². The molecule has 1 aliphatic rings. The number of benzene rings is 1. The first-order chi connectivity index (χ1) is 7.91. The first kappa shape index (κ1) is 12.5. The maximum Gasteiger partial charge on any atom is 0.260 e. The molecule has 1 aliphatic carbocycles. The predicted molar refractivity (Wildman–Crippen MR) is 65.3 cm³/mol. The van der Waals surface area contributed by atoms with E-state index in [4.69, 9.17) is 5.73 Å². The van der Waals surface area contributed by atoms with E-state index in [1.165, 1.54) is 5.56 Å². The summed E-state index contributed by atoms with van der Waals surface area (Å²) in [5.41, 5.74) is 6.29. The lowest BCUT2D eigenvalue weighted by Gasteiger charge is -2.15. The average molecular weight is 239 g/mol. The van der Waals surface area contributed by atoms with E-state index in [1.54, 1.807) is 0 Å². The first-order valence-electron chi connectivity index (χ1n) is 6.08. The van der Waals surface area contributed by atoms with Gasteiger partial charge in [-0.15, -0.1) is 0 Å². The van der Waals surface area contributed by atoms with Crippen molar-refractivity contribution in [2.24, 2.45) is 11.7 Å². The zero-order chi connectivity index (χ0) is 12.7. The molecule has 0 heterocycles. The molecule has 0 aromatic heterocycles. The minimum atomic E-state index is -2.62. The lowest BCUT2D eigenvalue weighted by atomic mass is 9.93. The van der Waals surface area contributed by atoms with Crippen LogP contribution in [0.3, 0.4) is 0 Å². The SMILES string of the molecule is CC(C)Cc1ccc(C2(CN)CC2(F)F)cc1. The number of halogens is 2. The van der Waals surface area contributed by atoms with E-state index in [0.29, 0.717) is 11.5 Å². The quantitative estimate of drug-likeness (QED) is 0.858. The van der Waals surface area contributed by atoms with Crippen LogP contribution in [-0.4, -0.2) is 12.5 Å². The van der Waals surface area contributed by atoms with Crippen LogP contribution in [0.4, 0.5) is 8.78 Å². The summed E-state index contributed by atoms with van der Waals surface area (Å²) in [6.45, 7) is 4.30. The van der Waals surface area contributed by atoms with Gasteiger partial charge >= 0.3 is 0 Å². The van der Waals surface area contributed by atoms with Crippen LogP contribution in [0, 0.1) is 5.92 Å². The highest BCUT2D eigenvalue weighted by molar-refractivity contribution is 5.39. The van der Waals surface area contributed by atoms with Crippen LogP contribution in [0.2, 0.25) is 0 Å². The molecule has 1 fully saturated rings. The third-order valence-corrected chi connectivity index (χ3v) is 3.60. The molecule has 0 amide bonds. The van der Waals surface area contributed by atoms with Crippen LogP contribution in [0.25, 0.3) is 0 Å². The van der Waals surface area contributed by atoms with Crippen LogP contribution < -0.4 is 5.73 Å². The van der Waals surface area contributed by atoms with Gasteiger partial charge in [0.2, 0.25) is 0 Å². The summed E-state index contributed by atoms with van der Waals surface area (Å²) in [5, 5.41) is 0. The lowest BCUT2D eigenvalue weighted by molar-refractivity contribution is 0.0896. The Labute approximate surface area is 101 Å². The van der Waals surface area contributed by atoms with Crippen molar-refractivity contribution >= 4 is 0 Å². The molecular formula is C14H19F2N. The van der Waals surface area contributed by atoms with E-state index >= 15 is 0 Å². The highest BCUT2D eigenvalue weighted by atomic mass is 19.3. The Kier molecular flexibility index (Phi) is 2.98. The maximum atomic E-state index is 13.4. The van der Waals surface area contributed by atoms with Gasteiger partial charge in [-0.3, -0.25) is 0 Å². The van der Waals surface area contributed by atoms with Gasteiger partial charge in [-0.05, 0) is 23.5 Å². The second kappa shape index (κ2) is 4.05. The third kappa shape index (κ3) is 2.08. The topological polar surface area (TPSA) is 26.0 Å². The molecule has 2 N–H and O–H groups in total. The molecule has 0 aliphatic heterocycles. The zero-order valence-corrected chi connectivity index (χ0v) is 10.3. The minimum absolute atomic E-state index is 0.0174. The Morgan fingerprint density at radius 1 is 1.24 bits per heavy atom. The van der Waals surface area contributed by atoms with Crippen LogP contribution >= 0.6 is 0 Å². The van der Waals surface area contributed by atoms with Crippen molar-refractivity contribution in [1.29, 1.82) is 0 Å². The Balaban J connectivity index is 2.19. The predicted octanol–water partition coefficient (Wildman–Crippen LogP) is 3.12. The fourth-order valence-corrected chi connectivity index (χ4v) is 2.42. The molecule has 1 aromatic carbocycles. The van der Waals surface area contributed by atoms with Gasteiger partial charge in [0.1, 0.15) is 0 Å². The second-order valence-electron chi connectivity index (χ2n) is 5.46. The minimum Gasteiger partial charge on any atom is -0.329 e. The Bertz CT molecular complexity index is 397. The molecule has 17 heavy (non-hydrogen) atoms. The van der Waals surface area contributed by atoms with E-state index in [9.17, 15) is 8.78 Å².